The molecule has 0 saturated carbocycles. The van der Waals surface area contributed by atoms with E-state index in [2.05, 4.69) is 0 Å². The SMILES string of the molecule is [B]c1c([B])c([B])c2c(oc3c2c([B])c([B])c2c4c([B])c([B])c([B])c([B])c4n(-c4ccc5c(c4)oc4cc(-c6nc(-c7ccccc7)nc(-c7ccccc7)n6)ccc45)c32)c1[B]. The number of rotatable bonds is 4. The van der Waals surface area contributed by atoms with E-state index in [0.29, 0.717) is 66.9 Å². The molecule has 0 unspecified atom stereocenters. The molecule has 0 aliphatic carbocycles. The molecule has 258 valence electrons. The van der Waals surface area contributed by atoms with Gasteiger partial charge in [0.25, 0.3) is 0 Å². The lowest BCUT2D eigenvalue weighted by atomic mass is 9.64. The molecule has 16 heteroatoms. The van der Waals surface area contributed by atoms with Gasteiger partial charge < -0.3 is 13.4 Å². The van der Waals surface area contributed by atoms with Gasteiger partial charge in [0, 0.05) is 55.2 Å². The van der Waals surface area contributed by atoms with Crippen LogP contribution in [0.25, 0.3) is 106 Å². The van der Waals surface area contributed by atoms with E-state index >= 15 is 0 Å². The highest BCUT2D eigenvalue weighted by atomic mass is 16.3. The maximum Gasteiger partial charge on any atom is 0.164 e. The van der Waals surface area contributed by atoms with Crippen molar-refractivity contribution in [2.24, 2.45) is 0 Å². The molecule has 6 nitrogen and oxygen atoms in total. The average Bonchev–Trinajstić information content (AvgIpc) is 3.98. The highest BCUT2D eigenvalue weighted by molar-refractivity contribution is 6.71. The van der Waals surface area contributed by atoms with Crippen molar-refractivity contribution < 1.29 is 8.83 Å². The Labute approximate surface area is 362 Å². The van der Waals surface area contributed by atoms with Gasteiger partial charge in [-0.1, -0.05) is 99.5 Å². The van der Waals surface area contributed by atoms with Crippen LogP contribution in [-0.4, -0.2) is 98.0 Å². The molecule has 0 amide bonds. The number of furan rings is 2. The summed E-state index contributed by atoms with van der Waals surface area (Å²) in [5.74, 6) is 1.58. The van der Waals surface area contributed by atoms with Gasteiger partial charge in [-0.3, -0.25) is 0 Å². The molecule has 4 aromatic heterocycles. The first kappa shape index (κ1) is 37.6. The van der Waals surface area contributed by atoms with E-state index in [0.717, 1.165) is 27.5 Å². The van der Waals surface area contributed by atoms with E-state index in [9.17, 15) is 0 Å². The average molecular weight is 753 g/mol. The van der Waals surface area contributed by atoms with Gasteiger partial charge >= 0.3 is 0 Å². The Kier molecular flexibility index (Phi) is 8.35. The second-order valence-corrected chi connectivity index (χ2v) is 15.0. The van der Waals surface area contributed by atoms with Gasteiger partial charge in [-0.2, -0.15) is 0 Å². The Bertz CT molecular complexity index is 3660. The lowest BCUT2D eigenvalue weighted by Gasteiger charge is -2.16. The van der Waals surface area contributed by atoms with Crippen molar-refractivity contribution in [1.29, 1.82) is 0 Å². The number of hydrogen-bond acceptors (Lipinski definition) is 5. The Morgan fingerprint density at radius 3 is 1.44 bits per heavy atom. The van der Waals surface area contributed by atoms with Crippen molar-refractivity contribution in [2.75, 3.05) is 0 Å². The highest BCUT2D eigenvalue weighted by Crippen LogP contribution is 2.39. The van der Waals surface area contributed by atoms with Crippen molar-refractivity contribution in [3.8, 4) is 39.9 Å². The van der Waals surface area contributed by atoms with Gasteiger partial charge in [0.15, 0.2) is 23.1 Å². The summed E-state index contributed by atoms with van der Waals surface area (Å²) in [6.07, 6.45) is 0. The van der Waals surface area contributed by atoms with Crippen LogP contribution in [0.5, 0.6) is 0 Å². The van der Waals surface area contributed by atoms with Crippen molar-refractivity contribution in [2.45, 2.75) is 0 Å². The molecule has 11 rings (SSSR count). The van der Waals surface area contributed by atoms with Crippen LogP contribution in [0, 0.1) is 0 Å². The summed E-state index contributed by atoms with van der Waals surface area (Å²) in [6.45, 7) is 0. The predicted molar refractivity (Wildman–Crippen MR) is 259 cm³/mol. The van der Waals surface area contributed by atoms with E-state index < -0.39 is 0 Å². The third-order valence-electron chi connectivity index (χ3n) is 11.6. The Morgan fingerprint density at radius 1 is 0.361 bits per heavy atom. The Balaban J connectivity index is 1.17. The molecule has 0 aliphatic heterocycles. The molecule has 61 heavy (non-hydrogen) atoms. The van der Waals surface area contributed by atoms with Gasteiger partial charge in [-0.25, -0.2) is 15.0 Å². The van der Waals surface area contributed by atoms with Crippen LogP contribution < -0.4 is 54.6 Å². The van der Waals surface area contributed by atoms with E-state index in [-0.39, 0.29) is 65.8 Å². The molecule has 0 aliphatic rings. The first-order valence-electron chi connectivity index (χ1n) is 19.0. The number of hydrogen-bond donors (Lipinski definition) is 0. The quantitative estimate of drug-likeness (QED) is 0.232. The third kappa shape index (κ3) is 5.33. The van der Waals surface area contributed by atoms with Crippen LogP contribution in [0.2, 0.25) is 0 Å². The van der Waals surface area contributed by atoms with E-state index in [4.69, 9.17) is 102 Å². The highest BCUT2D eigenvalue weighted by Gasteiger charge is 2.27. The standard InChI is InChI=1S/C45H16B10N4O2/c46-29-26-25-30(47)33(50)35(52)37(54)39(25)59(40(26)42-28(31(29)48)27-32(49)34(51)36(53)38(55)41(27)61-42)20-12-14-22-21-13-11-19(15-23(21)60-24(22)16-20)45-57-43(17-7-3-1-4-8-17)56-44(58-45)18-9-5-2-6-10-18/h1-16H. The molecule has 20 radical (unpaired) electrons. The van der Waals surface area contributed by atoms with Crippen molar-refractivity contribution in [1.82, 2.24) is 19.5 Å². The molecule has 0 bridgehead atoms. The van der Waals surface area contributed by atoms with Gasteiger partial charge in [0.2, 0.25) is 0 Å². The zero-order chi connectivity index (χ0) is 42.2. The lowest BCUT2D eigenvalue weighted by Crippen LogP contribution is -2.48. The normalized spacial score (nSPS) is 11.9. The fourth-order valence-corrected chi connectivity index (χ4v) is 8.48. The van der Waals surface area contributed by atoms with Crippen LogP contribution in [0.3, 0.4) is 0 Å². The van der Waals surface area contributed by atoms with Gasteiger partial charge in [0.05, 0.1) is 11.2 Å². The van der Waals surface area contributed by atoms with Crippen molar-refractivity contribution >= 4 is 199 Å². The summed E-state index contributed by atoms with van der Waals surface area (Å²) < 4.78 is 15.0. The van der Waals surface area contributed by atoms with Crippen LogP contribution in [0.15, 0.2) is 106 Å². The molecule has 11 aromatic rings. The minimum absolute atomic E-state index is 0.0729. The Hall–Kier alpha value is -6.40. The molecule has 0 spiro atoms. The third-order valence-corrected chi connectivity index (χ3v) is 11.6. The minimum Gasteiger partial charge on any atom is -0.456 e. The smallest absolute Gasteiger partial charge is 0.164 e. The summed E-state index contributed by atoms with van der Waals surface area (Å²) >= 11 is 0. The van der Waals surface area contributed by atoms with Crippen molar-refractivity contribution in [3.05, 3.63) is 97.1 Å². The van der Waals surface area contributed by atoms with Gasteiger partial charge in [-0.05, 0) is 29.7 Å². The summed E-state index contributed by atoms with van der Waals surface area (Å²) in [5, 5.41) is 3.28. The maximum absolute atomic E-state index is 6.93. The lowest BCUT2D eigenvalue weighted by molar-refractivity contribution is 0.668. The molecule has 0 fully saturated rings. The molecule has 7 aromatic carbocycles. The summed E-state index contributed by atoms with van der Waals surface area (Å²) in [6, 6.07) is 31.2. The molecular formula is C45H16B10N4O2. The fraction of sp³-hybridized carbons (Fsp3) is 0. The van der Waals surface area contributed by atoms with Crippen LogP contribution >= 0.6 is 0 Å². The topological polar surface area (TPSA) is 69.9 Å². The van der Waals surface area contributed by atoms with Crippen molar-refractivity contribution in [3.63, 3.8) is 0 Å². The van der Waals surface area contributed by atoms with E-state index in [1.54, 1.807) is 0 Å². The first-order valence-corrected chi connectivity index (χ1v) is 19.0. The first-order chi connectivity index (χ1) is 29.4. The monoisotopic (exact) mass is 754 g/mol. The number of fused-ring (bicyclic) bond motifs is 10. The zero-order valence-electron chi connectivity index (χ0n) is 32.1. The molecular weight excluding hydrogens is 737 g/mol. The largest absolute Gasteiger partial charge is 0.456 e. The summed E-state index contributed by atoms with van der Waals surface area (Å²) in [5.41, 5.74) is 6.70. The van der Waals surface area contributed by atoms with E-state index in [1.807, 2.05) is 102 Å². The molecule has 4 heterocycles. The number of nitrogens with zero attached hydrogens (tertiary/aromatic N) is 4. The molecule has 0 N–H and O–H groups in total. The van der Waals surface area contributed by atoms with E-state index in [1.165, 1.54) is 0 Å². The second kappa shape index (κ2) is 13.6. The minimum atomic E-state index is 0.0729. The fourth-order valence-electron chi connectivity index (χ4n) is 8.48. The predicted octanol–water partition coefficient (Wildman–Crippen LogP) is -0.293. The van der Waals surface area contributed by atoms with Gasteiger partial charge in [0.1, 0.15) is 95.2 Å². The van der Waals surface area contributed by atoms with Crippen LogP contribution in [0.4, 0.5) is 0 Å². The summed E-state index contributed by atoms with van der Waals surface area (Å²) in [4.78, 5) is 14.6. The number of aromatic nitrogens is 4. The number of benzene rings is 7. The zero-order valence-corrected chi connectivity index (χ0v) is 32.1. The molecule has 0 atom stereocenters. The molecule has 0 saturated heterocycles. The van der Waals surface area contributed by atoms with Crippen LogP contribution in [0.1, 0.15) is 0 Å². The second-order valence-electron chi connectivity index (χ2n) is 15.0. The van der Waals surface area contributed by atoms with Crippen LogP contribution in [-0.2, 0) is 0 Å². The maximum atomic E-state index is 6.93. The van der Waals surface area contributed by atoms with Gasteiger partial charge in [-0.15, -0.1) is 21.9 Å². The Morgan fingerprint density at radius 2 is 0.820 bits per heavy atom. The summed E-state index contributed by atoms with van der Waals surface area (Å²) in [7, 11) is 65.9.